The summed E-state index contributed by atoms with van der Waals surface area (Å²) in [5, 5.41) is 0. The molecule has 4 heteroatoms. The van der Waals surface area contributed by atoms with E-state index >= 15 is 0 Å². The van der Waals surface area contributed by atoms with E-state index in [1.54, 1.807) is 0 Å². The maximum Gasteiger partial charge on any atom is 0.285 e. The van der Waals surface area contributed by atoms with Gasteiger partial charge in [-0.2, -0.15) is 0 Å². The lowest BCUT2D eigenvalue weighted by Gasteiger charge is -2.52. The minimum absolute atomic E-state index is 0.181. The average molecular weight is 264 g/mol. The van der Waals surface area contributed by atoms with Crippen LogP contribution >= 0.6 is 0 Å². The number of hydrogen-bond acceptors (Lipinski definition) is 4. The number of ether oxygens (including phenoxy) is 4. The number of hydrogen-bond donors (Lipinski definition) is 0. The van der Waals surface area contributed by atoms with Crippen molar-refractivity contribution in [3.05, 3.63) is 30.3 Å². The third-order valence-electron chi connectivity index (χ3n) is 3.73. The highest BCUT2D eigenvalue weighted by molar-refractivity contribution is 5.21. The first kappa shape index (κ1) is 12.9. The molecule has 3 aliphatic heterocycles. The van der Waals surface area contributed by atoms with Gasteiger partial charge in [-0.25, -0.2) is 0 Å². The lowest BCUT2D eigenvalue weighted by Crippen LogP contribution is -2.63. The predicted octanol–water partition coefficient (Wildman–Crippen LogP) is 2.44. The maximum atomic E-state index is 5.82. The molecule has 1 aromatic rings. The molecule has 0 amide bonds. The highest BCUT2D eigenvalue weighted by atomic mass is 16.9. The van der Waals surface area contributed by atoms with Crippen LogP contribution in [0.15, 0.2) is 30.3 Å². The summed E-state index contributed by atoms with van der Waals surface area (Å²) < 4.78 is 23.2. The minimum Gasteiger partial charge on any atom is -0.493 e. The second-order valence-corrected chi connectivity index (χ2v) is 5.73. The Kier molecular flexibility index (Phi) is 3.25. The van der Waals surface area contributed by atoms with E-state index in [4.69, 9.17) is 18.9 Å². The summed E-state index contributed by atoms with van der Waals surface area (Å²) in [5.74, 6) is 0.207. The van der Waals surface area contributed by atoms with Crippen molar-refractivity contribution in [3.8, 4) is 5.75 Å². The van der Waals surface area contributed by atoms with Crippen LogP contribution in [0.25, 0.3) is 0 Å². The normalized spacial score (nSPS) is 33.6. The molecule has 0 atom stereocenters. The Hall–Kier alpha value is -1.10. The van der Waals surface area contributed by atoms with E-state index in [1.807, 2.05) is 44.2 Å². The van der Waals surface area contributed by atoms with E-state index in [0.29, 0.717) is 26.4 Å². The van der Waals surface area contributed by atoms with E-state index in [2.05, 4.69) is 0 Å². The fourth-order valence-electron chi connectivity index (χ4n) is 2.39. The lowest BCUT2D eigenvalue weighted by atomic mass is 9.89. The van der Waals surface area contributed by atoms with Gasteiger partial charge in [-0.05, 0) is 12.1 Å². The van der Waals surface area contributed by atoms with Crippen molar-refractivity contribution in [2.24, 2.45) is 11.3 Å². The summed E-state index contributed by atoms with van der Waals surface area (Å²) >= 11 is 0. The van der Waals surface area contributed by atoms with Gasteiger partial charge in [0, 0.05) is 5.92 Å². The molecule has 4 nitrogen and oxygen atoms in total. The summed E-state index contributed by atoms with van der Waals surface area (Å²) in [6.45, 7) is 6.50. The standard InChI is InChI=1S/C15H20O4/c1-12(2)15-17-9-14(10-18-15,11-19-15)8-16-13-6-4-3-5-7-13/h3-7,12H,8-11H2,1-2H3. The second-order valence-electron chi connectivity index (χ2n) is 5.73. The van der Waals surface area contributed by atoms with Gasteiger partial charge in [0.1, 0.15) is 12.4 Å². The van der Waals surface area contributed by atoms with Crippen LogP contribution in [-0.4, -0.2) is 32.4 Å². The van der Waals surface area contributed by atoms with Gasteiger partial charge in [0.25, 0.3) is 5.97 Å². The van der Waals surface area contributed by atoms with Gasteiger partial charge in [0.2, 0.25) is 0 Å². The zero-order chi connectivity index (χ0) is 13.3. The van der Waals surface area contributed by atoms with Crippen molar-refractivity contribution in [1.82, 2.24) is 0 Å². The van der Waals surface area contributed by atoms with Crippen LogP contribution in [0.3, 0.4) is 0 Å². The van der Waals surface area contributed by atoms with Gasteiger partial charge in [0.15, 0.2) is 0 Å². The van der Waals surface area contributed by atoms with Gasteiger partial charge in [-0.15, -0.1) is 0 Å². The quantitative estimate of drug-likeness (QED) is 0.837. The minimum atomic E-state index is -0.839. The Bertz CT molecular complexity index is 405. The lowest BCUT2D eigenvalue weighted by molar-refractivity contribution is -0.484. The first-order valence-corrected chi connectivity index (χ1v) is 6.74. The molecule has 0 spiro atoms. The first-order valence-electron chi connectivity index (χ1n) is 6.74. The molecule has 3 fully saturated rings. The smallest absolute Gasteiger partial charge is 0.285 e. The molecule has 0 N–H and O–H groups in total. The summed E-state index contributed by atoms with van der Waals surface area (Å²) in [4.78, 5) is 0. The topological polar surface area (TPSA) is 36.9 Å². The molecule has 0 aliphatic carbocycles. The fraction of sp³-hybridized carbons (Fsp3) is 0.600. The third-order valence-corrected chi connectivity index (χ3v) is 3.73. The molecule has 2 bridgehead atoms. The number of para-hydroxylation sites is 1. The Morgan fingerprint density at radius 1 is 1.05 bits per heavy atom. The van der Waals surface area contributed by atoms with Crippen LogP contribution in [0.2, 0.25) is 0 Å². The number of benzene rings is 1. The van der Waals surface area contributed by atoms with E-state index in [1.165, 1.54) is 0 Å². The average Bonchev–Trinajstić information content (AvgIpc) is 2.48. The van der Waals surface area contributed by atoms with Gasteiger partial charge in [-0.3, -0.25) is 0 Å². The van der Waals surface area contributed by atoms with Gasteiger partial charge in [0.05, 0.1) is 25.2 Å². The summed E-state index contributed by atoms with van der Waals surface area (Å²) in [6.07, 6.45) is 0. The summed E-state index contributed by atoms with van der Waals surface area (Å²) in [5.41, 5.74) is -0.188. The molecule has 4 rings (SSSR count). The molecule has 0 radical (unpaired) electrons. The largest absolute Gasteiger partial charge is 0.493 e. The van der Waals surface area contributed by atoms with Crippen molar-refractivity contribution in [2.75, 3.05) is 26.4 Å². The molecule has 3 saturated heterocycles. The van der Waals surface area contributed by atoms with Crippen molar-refractivity contribution in [1.29, 1.82) is 0 Å². The molecule has 0 saturated carbocycles. The maximum absolute atomic E-state index is 5.82. The summed E-state index contributed by atoms with van der Waals surface area (Å²) in [6, 6.07) is 9.79. The predicted molar refractivity (Wildman–Crippen MR) is 69.8 cm³/mol. The van der Waals surface area contributed by atoms with E-state index < -0.39 is 5.97 Å². The molecule has 0 aromatic heterocycles. The van der Waals surface area contributed by atoms with Crippen molar-refractivity contribution in [2.45, 2.75) is 19.8 Å². The number of rotatable bonds is 4. The molecule has 3 aliphatic rings. The van der Waals surface area contributed by atoms with E-state index in [9.17, 15) is 0 Å². The second kappa shape index (κ2) is 4.78. The molecule has 3 heterocycles. The van der Waals surface area contributed by atoms with Crippen molar-refractivity contribution in [3.63, 3.8) is 0 Å². The van der Waals surface area contributed by atoms with Gasteiger partial charge < -0.3 is 18.9 Å². The molecule has 0 unspecified atom stereocenters. The monoisotopic (exact) mass is 264 g/mol. The van der Waals surface area contributed by atoms with Crippen molar-refractivity contribution < 1.29 is 18.9 Å². The molecule has 19 heavy (non-hydrogen) atoms. The third kappa shape index (κ3) is 2.36. The Labute approximate surface area is 113 Å². The zero-order valence-corrected chi connectivity index (χ0v) is 11.4. The van der Waals surface area contributed by atoms with Gasteiger partial charge in [-0.1, -0.05) is 32.0 Å². The van der Waals surface area contributed by atoms with E-state index in [-0.39, 0.29) is 11.3 Å². The van der Waals surface area contributed by atoms with E-state index in [0.717, 1.165) is 5.75 Å². The molecule has 1 aromatic carbocycles. The first-order chi connectivity index (χ1) is 9.14. The Morgan fingerprint density at radius 3 is 2.16 bits per heavy atom. The van der Waals surface area contributed by atoms with Crippen LogP contribution in [0.1, 0.15) is 13.8 Å². The van der Waals surface area contributed by atoms with Crippen molar-refractivity contribution >= 4 is 0 Å². The molecule has 104 valence electrons. The zero-order valence-electron chi connectivity index (χ0n) is 11.4. The Morgan fingerprint density at radius 2 is 1.63 bits per heavy atom. The molecular formula is C15H20O4. The highest BCUT2D eigenvalue weighted by Crippen LogP contribution is 2.42. The summed E-state index contributed by atoms with van der Waals surface area (Å²) in [7, 11) is 0. The van der Waals surface area contributed by atoms with Crippen LogP contribution in [0, 0.1) is 11.3 Å². The highest BCUT2D eigenvalue weighted by Gasteiger charge is 2.54. The molecular weight excluding hydrogens is 244 g/mol. The van der Waals surface area contributed by atoms with Crippen LogP contribution in [0.4, 0.5) is 0 Å². The number of fused-ring (bicyclic) bond motifs is 3. The fourth-order valence-corrected chi connectivity index (χ4v) is 2.39. The SMILES string of the molecule is CC(C)C12OCC(COc3ccccc3)(CO1)CO2. The van der Waals surface area contributed by atoms with Crippen LogP contribution in [0.5, 0.6) is 5.75 Å². The Balaban J connectivity index is 1.62. The van der Waals surface area contributed by atoms with Crippen LogP contribution in [-0.2, 0) is 14.2 Å². The van der Waals surface area contributed by atoms with Gasteiger partial charge >= 0.3 is 0 Å². The van der Waals surface area contributed by atoms with Crippen LogP contribution < -0.4 is 4.74 Å².